The van der Waals surface area contributed by atoms with Crippen LogP contribution in [0.5, 0.6) is 0 Å². The Morgan fingerprint density at radius 3 is 2.40 bits per heavy atom. The van der Waals surface area contributed by atoms with Crippen molar-refractivity contribution in [1.82, 2.24) is 0 Å². The molecule has 0 radical (unpaired) electrons. The van der Waals surface area contributed by atoms with Gasteiger partial charge in [0.05, 0.1) is 6.42 Å². The SMILES string of the molecule is Cc1ccc(CC(=O)Nc2ccc(N)cc2C)cc1C. The minimum Gasteiger partial charge on any atom is -0.399 e. The first-order valence-corrected chi connectivity index (χ1v) is 6.68. The van der Waals surface area contributed by atoms with E-state index >= 15 is 0 Å². The van der Waals surface area contributed by atoms with Crippen molar-refractivity contribution < 1.29 is 4.79 Å². The summed E-state index contributed by atoms with van der Waals surface area (Å²) >= 11 is 0. The van der Waals surface area contributed by atoms with Gasteiger partial charge in [-0.3, -0.25) is 4.79 Å². The molecule has 0 saturated carbocycles. The molecule has 3 heteroatoms. The van der Waals surface area contributed by atoms with Crippen LogP contribution in [0.15, 0.2) is 36.4 Å². The van der Waals surface area contributed by atoms with Gasteiger partial charge < -0.3 is 11.1 Å². The standard InChI is InChI=1S/C17H20N2O/c1-11-4-5-14(8-12(11)2)10-17(20)19-16-7-6-15(18)9-13(16)3/h4-9H,10,18H2,1-3H3,(H,19,20). The van der Waals surface area contributed by atoms with Crippen molar-refractivity contribution in [1.29, 1.82) is 0 Å². The molecule has 3 N–H and O–H groups in total. The first-order chi connectivity index (χ1) is 9.45. The molecule has 0 fully saturated rings. The molecular weight excluding hydrogens is 248 g/mol. The van der Waals surface area contributed by atoms with E-state index in [0.717, 1.165) is 16.8 Å². The minimum absolute atomic E-state index is 0.0128. The molecule has 20 heavy (non-hydrogen) atoms. The minimum atomic E-state index is -0.0128. The molecule has 0 aromatic heterocycles. The zero-order valence-corrected chi connectivity index (χ0v) is 12.2. The third kappa shape index (κ3) is 3.38. The molecule has 2 aromatic rings. The van der Waals surface area contributed by atoms with Gasteiger partial charge in [0.1, 0.15) is 0 Å². The van der Waals surface area contributed by atoms with Crippen molar-refractivity contribution >= 4 is 17.3 Å². The lowest BCUT2D eigenvalue weighted by molar-refractivity contribution is -0.115. The Labute approximate surface area is 119 Å². The molecule has 0 atom stereocenters. The number of hydrogen-bond acceptors (Lipinski definition) is 2. The van der Waals surface area contributed by atoms with Crippen LogP contribution in [0.2, 0.25) is 0 Å². The molecule has 0 aliphatic carbocycles. The fourth-order valence-electron chi connectivity index (χ4n) is 2.12. The maximum atomic E-state index is 12.1. The van der Waals surface area contributed by atoms with Gasteiger partial charge in [-0.2, -0.15) is 0 Å². The molecule has 0 aliphatic rings. The van der Waals surface area contributed by atoms with Gasteiger partial charge in [0.2, 0.25) is 5.91 Å². The van der Waals surface area contributed by atoms with Gasteiger partial charge in [-0.15, -0.1) is 0 Å². The second-order valence-electron chi connectivity index (χ2n) is 5.22. The van der Waals surface area contributed by atoms with E-state index < -0.39 is 0 Å². The number of benzene rings is 2. The fraction of sp³-hybridized carbons (Fsp3) is 0.235. The van der Waals surface area contributed by atoms with Crippen LogP contribution in [0.3, 0.4) is 0 Å². The predicted octanol–water partition coefficient (Wildman–Crippen LogP) is 3.38. The van der Waals surface area contributed by atoms with E-state index in [-0.39, 0.29) is 5.91 Å². The van der Waals surface area contributed by atoms with Gasteiger partial charge in [-0.05, 0) is 61.2 Å². The summed E-state index contributed by atoms with van der Waals surface area (Å²) in [6.45, 7) is 6.06. The number of nitrogens with one attached hydrogen (secondary N) is 1. The number of carbonyl (C=O) groups excluding carboxylic acids is 1. The lowest BCUT2D eigenvalue weighted by atomic mass is 10.0. The number of nitrogens with two attached hydrogens (primary N) is 1. The normalized spacial score (nSPS) is 10.3. The van der Waals surface area contributed by atoms with Crippen molar-refractivity contribution in [2.45, 2.75) is 27.2 Å². The van der Waals surface area contributed by atoms with Crippen LogP contribution >= 0.6 is 0 Å². The number of rotatable bonds is 3. The summed E-state index contributed by atoms with van der Waals surface area (Å²) in [5, 5.41) is 2.93. The van der Waals surface area contributed by atoms with Gasteiger partial charge in [-0.1, -0.05) is 18.2 Å². The first-order valence-electron chi connectivity index (χ1n) is 6.68. The highest BCUT2D eigenvalue weighted by Gasteiger charge is 2.07. The average molecular weight is 268 g/mol. The summed E-state index contributed by atoms with van der Waals surface area (Å²) in [4.78, 5) is 12.1. The third-order valence-corrected chi connectivity index (χ3v) is 3.46. The average Bonchev–Trinajstić information content (AvgIpc) is 2.37. The van der Waals surface area contributed by atoms with Crippen LogP contribution in [0, 0.1) is 20.8 Å². The molecule has 2 aromatic carbocycles. The zero-order valence-electron chi connectivity index (χ0n) is 12.2. The molecular formula is C17H20N2O. The summed E-state index contributed by atoms with van der Waals surface area (Å²) in [5.74, 6) is -0.0128. The molecule has 0 unspecified atom stereocenters. The monoisotopic (exact) mass is 268 g/mol. The topological polar surface area (TPSA) is 55.1 Å². The van der Waals surface area contributed by atoms with E-state index in [4.69, 9.17) is 5.73 Å². The van der Waals surface area contributed by atoms with E-state index in [9.17, 15) is 4.79 Å². The Morgan fingerprint density at radius 1 is 1.00 bits per heavy atom. The van der Waals surface area contributed by atoms with Gasteiger partial charge in [-0.25, -0.2) is 0 Å². The van der Waals surface area contributed by atoms with E-state index in [1.807, 2.05) is 31.2 Å². The number of aryl methyl sites for hydroxylation is 3. The van der Waals surface area contributed by atoms with Crippen LogP contribution in [-0.2, 0) is 11.2 Å². The molecule has 0 spiro atoms. The Morgan fingerprint density at radius 2 is 1.75 bits per heavy atom. The van der Waals surface area contributed by atoms with Crippen molar-refractivity contribution in [2.24, 2.45) is 0 Å². The summed E-state index contributed by atoms with van der Waals surface area (Å²) in [5.41, 5.74) is 11.7. The molecule has 0 aliphatic heterocycles. The highest BCUT2D eigenvalue weighted by Crippen LogP contribution is 2.18. The largest absolute Gasteiger partial charge is 0.399 e. The van der Waals surface area contributed by atoms with Crippen LogP contribution in [0.1, 0.15) is 22.3 Å². The summed E-state index contributed by atoms with van der Waals surface area (Å²) in [7, 11) is 0. The highest BCUT2D eigenvalue weighted by molar-refractivity contribution is 5.93. The van der Waals surface area contributed by atoms with Gasteiger partial charge in [0, 0.05) is 11.4 Å². The summed E-state index contributed by atoms with van der Waals surface area (Å²) < 4.78 is 0. The summed E-state index contributed by atoms with van der Waals surface area (Å²) in [6, 6.07) is 11.6. The third-order valence-electron chi connectivity index (χ3n) is 3.46. The first kappa shape index (κ1) is 14.1. The van der Waals surface area contributed by atoms with Crippen LogP contribution < -0.4 is 11.1 Å². The van der Waals surface area contributed by atoms with Crippen LogP contribution in [0.4, 0.5) is 11.4 Å². The lowest BCUT2D eigenvalue weighted by Crippen LogP contribution is -2.15. The number of amides is 1. The zero-order chi connectivity index (χ0) is 14.7. The molecule has 0 bridgehead atoms. The Bertz CT molecular complexity index is 647. The van der Waals surface area contributed by atoms with Crippen LogP contribution in [-0.4, -0.2) is 5.91 Å². The molecule has 0 heterocycles. The van der Waals surface area contributed by atoms with Gasteiger partial charge in [0.15, 0.2) is 0 Å². The smallest absolute Gasteiger partial charge is 0.228 e. The quantitative estimate of drug-likeness (QED) is 0.838. The Balaban J connectivity index is 2.07. The van der Waals surface area contributed by atoms with E-state index in [1.165, 1.54) is 11.1 Å². The second-order valence-corrected chi connectivity index (χ2v) is 5.22. The Hall–Kier alpha value is -2.29. The van der Waals surface area contributed by atoms with Crippen molar-refractivity contribution in [2.75, 3.05) is 11.1 Å². The second kappa shape index (κ2) is 5.78. The Kier molecular flexibility index (Phi) is 4.08. The van der Waals surface area contributed by atoms with E-state index in [0.29, 0.717) is 12.1 Å². The number of anilines is 2. The summed E-state index contributed by atoms with van der Waals surface area (Å²) in [6.07, 6.45) is 0.380. The molecule has 2 rings (SSSR count). The van der Waals surface area contributed by atoms with Crippen molar-refractivity contribution in [3.8, 4) is 0 Å². The molecule has 0 saturated heterocycles. The fourth-order valence-corrected chi connectivity index (χ4v) is 2.12. The van der Waals surface area contributed by atoms with Gasteiger partial charge >= 0.3 is 0 Å². The van der Waals surface area contributed by atoms with E-state index in [1.54, 1.807) is 6.07 Å². The van der Waals surface area contributed by atoms with Gasteiger partial charge in [0.25, 0.3) is 0 Å². The molecule has 104 valence electrons. The van der Waals surface area contributed by atoms with Crippen molar-refractivity contribution in [3.05, 3.63) is 58.7 Å². The molecule has 3 nitrogen and oxygen atoms in total. The van der Waals surface area contributed by atoms with E-state index in [2.05, 4.69) is 25.2 Å². The lowest BCUT2D eigenvalue weighted by Gasteiger charge is -2.10. The van der Waals surface area contributed by atoms with Crippen molar-refractivity contribution in [3.63, 3.8) is 0 Å². The number of nitrogen functional groups attached to an aromatic ring is 1. The maximum absolute atomic E-state index is 12.1. The number of carbonyl (C=O) groups is 1. The predicted molar refractivity (Wildman–Crippen MR) is 83.8 cm³/mol. The maximum Gasteiger partial charge on any atom is 0.228 e. The number of hydrogen-bond donors (Lipinski definition) is 2. The van der Waals surface area contributed by atoms with Crippen LogP contribution in [0.25, 0.3) is 0 Å². The molecule has 1 amide bonds. The highest BCUT2D eigenvalue weighted by atomic mass is 16.1.